The number of methoxy groups -OCH3 is 3. The number of nitrogens with zero attached hydrogens (tertiary/aromatic N) is 1. The van der Waals surface area contributed by atoms with E-state index in [9.17, 15) is 4.79 Å². The first-order chi connectivity index (χ1) is 11.6. The van der Waals surface area contributed by atoms with E-state index < -0.39 is 0 Å². The van der Waals surface area contributed by atoms with Crippen molar-refractivity contribution in [3.8, 4) is 17.2 Å². The number of carbonyl (C=O) groups excluding carboxylic acids is 1. The zero-order chi connectivity index (χ0) is 17.5. The van der Waals surface area contributed by atoms with Crippen molar-refractivity contribution >= 4 is 18.3 Å². The quantitative estimate of drug-likeness (QED) is 0.795. The molecular weight excluding hydrogens is 344 g/mol. The summed E-state index contributed by atoms with van der Waals surface area (Å²) in [6.45, 7) is 1.65. The Bertz CT molecular complexity index is 560. The molecule has 0 aliphatic carbocycles. The van der Waals surface area contributed by atoms with Gasteiger partial charge in [-0.2, -0.15) is 0 Å². The maximum Gasteiger partial charge on any atom is 0.222 e. The molecule has 1 amide bonds. The highest BCUT2D eigenvalue weighted by Gasteiger charge is 2.22. The number of likely N-dealkylation sites (tertiary alicyclic amines) is 1. The predicted molar refractivity (Wildman–Crippen MR) is 100 cm³/mol. The first kappa shape index (κ1) is 21.4. The van der Waals surface area contributed by atoms with Crippen LogP contribution in [0, 0.1) is 0 Å². The number of hydrogen-bond donors (Lipinski definition) is 1. The summed E-state index contributed by atoms with van der Waals surface area (Å²) in [5.74, 6) is 2.03. The summed E-state index contributed by atoms with van der Waals surface area (Å²) in [7, 11) is 6.76. The van der Waals surface area contributed by atoms with Gasteiger partial charge >= 0.3 is 0 Å². The van der Waals surface area contributed by atoms with Crippen molar-refractivity contribution in [3.05, 3.63) is 17.7 Å². The van der Waals surface area contributed by atoms with Crippen molar-refractivity contribution in [1.29, 1.82) is 0 Å². The van der Waals surface area contributed by atoms with E-state index in [0.29, 0.717) is 36.1 Å². The number of amides is 1. The van der Waals surface area contributed by atoms with Crippen LogP contribution in [-0.2, 0) is 11.2 Å². The van der Waals surface area contributed by atoms with E-state index in [-0.39, 0.29) is 18.3 Å². The molecule has 1 aliphatic rings. The lowest BCUT2D eigenvalue weighted by Gasteiger charge is -2.32. The maximum absolute atomic E-state index is 12.5. The highest BCUT2D eigenvalue weighted by Crippen LogP contribution is 2.40. The van der Waals surface area contributed by atoms with E-state index in [4.69, 9.17) is 14.2 Å². The van der Waals surface area contributed by atoms with Gasteiger partial charge in [0, 0.05) is 25.6 Å². The van der Waals surface area contributed by atoms with E-state index in [1.807, 2.05) is 24.1 Å². The molecule has 142 valence electrons. The molecule has 25 heavy (non-hydrogen) atoms. The molecule has 6 nitrogen and oxygen atoms in total. The van der Waals surface area contributed by atoms with Crippen molar-refractivity contribution in [2.45, 2.75) is 31.7 Å². The van der Waals surface area contributed by atoms with Gasteiger partial charge in [0.05, 0.1) is 21.3 Å². The summed E-state index contributed by atoms with van der Waals surface area (Å²) in [5.41, 5.74) is 0.952. The molecule has 1 heterocycles. The number of halogens is 1. The Morgan fingerprint density at radius 1 is 1.12 bits per heavy atom. The van der Waals surface area contributed by atoms with Crippen LogP contribution in [0.25, 0.3) is 0 Å². The van der Waals surface area contributed by atoms with Crippen LogP contribution in [0.1, 0.15) is 24.8 Å². The van der Waals surface area contributed by atoms with Crippen molar-refractivity contribution in [3.63, 3.8) is 0 Å². The Hall–Kier alpha value is -1.66. The molecular formula is C18H29ClN2O4. The molecule has 1 N–H and O–H groups in total. The Morgan fingerprint density at radius 2 is 1.76 bits per heavy atom. The molecule has 0 saturated carbocycles. The van der Waals surface area contributed by atoms with Gasteiger partial charge in [-0.25, -0.2) is 0 Å². The van der Waals surface area contributed by atoms with E-state index in [1.54, 1.807) is 21.3 Å². The lowest BCUT2D eigenvalue weighted by atomic mass is 10.0. The highest BCUT2D eigenvalue weighted by molar-refractivity contribution is 5.85. The molecule has 0 atom stereocenters. The molecule has 7 heteroatoms. The smallest absolute Gasteiger partial charge is 0.222 e. The minimum atomic E-state index is 0. The second-order valence-corrected chi connectivity index (χ2v) is 5.94. The summed E-state index contributed by atoms with van der Waals surface area (Å²) in [5, 5.41) is 3.28. The number of hydrogen-bond acceptors (Lipinski definition) is 5. The number of benzene rings is 1. The van der Waals surface area contributed by atoms with Crippen LogP contribution in [0.2, 0.25) is 0 Å². The van der Waals surface area contributed by atoms with Crippen LogP contribution < -0.4 is 19.5 Å². The van der Waals surface area contributed by atoms with Gasteiger partial charge in [0.2, 0.25) is 11.7 Å². The van der Waals surface area contributed by atoms with Crippen LogP contribution in [0.15, 0.2) is 12.1 Å². The van der Waals surface area contributed by atoms with Crippen LogP contribution in [0.4, 0.5) is 0 Å². The van der Waals surface area contributed by atoms with Crippen LogP contribution in [-0.4, -0.2) is 58.3 Å². The summed E-state index contributed by atoms with van der Waals surface area (Å²) in [6.07, 6.45) is 3.12. The second-order valence-electron chi connectivity index (χ2n) is 5.94. The molecule has 1 aromatic carbocycles. The average Bonchev–Trinajstić information content (AvgIpc) is 2.64. The van der Waals surface area contributed by atoms with Gasteiger partial charge < -0.3 is 24.4 Å². The van der Waals surface area contributed by atoms with Crippen LogP contribution >= 0.6 is 12.4 Å². The highest BCUT2D eigenvalue weighted by atomic mass is 35.5. The van der Waals surface area contributed by atoms with Crippen molar-refractivity contribution in [1.82, 2.24) is 10.2 Å². The fraction of sp³-hybridized carbons (Fsp3) is 0.611. The molecule has 0 unspecified atom stereocenters. The zero-order valence-electron chi connectivity index (χ0n) is 15.5. The summed E-state index contributed by atoms with van der Waals surface area (Å²) in [6, 6.07) is 4.31. The van der Waals surface area contributed by atoms with E-state index in [0.717, 1.165) is 31.5 Å². The number of aryl methyl sites for hydroxylation is 1. The number of ether oxygens (including phenoxy) is 3. The zero-order valence-corrected chi connectivity index (χ0v) is 16.3. The summed E-state index contributed by atoms with van der Waals surface area (Å²) >= 11 is 0. The van der Waals surface area contributed by atoms with E-state index >= 15 is 0 Å². The largest absolute Gasteiger partial charge is 0.493 e. The van der Waals surface area contributed by atoms with Gasteiger partial charge in [-0.1, -0.05) is 6.07 Å². The standard InChI is InChI=1S/C18H28N2O4.ClH/c1-19-14-9-11-20(12-10-14)16(21)8-6-13-5-7-15(22-2)18(24-4)17(13)23-3;/h5,7,14,19H,6,8-12H2,1-4H3;1H. The fourth-order valence-corrected chi connectivity index (χ4v) is 3.18. The average molecular weight is 373 g/mol. The Balaban J connectivity index is 0.00000312. The van der Waals surface area contributed by atoms with Gasteiger partial charge in [-0.05, 0) is 37.9 Å². The predicted octanol–water partition coefficient (Wildman–Crippen LogP) is 2.28. The normalized spacial score (nSPS) is 14.6. The first-order valence-electron chi connectivity index (χ1n) is 8.37. The van der Waals surface area contributed by atoms with Crippen molar-refractivity contribution in [2.24, 2.45) is 0 Å². The number of piperidine rings is 1. The van der Waals surface area contributed by atoms with Gasteiger partial charge in [-0.15, -0.1) is 12.4 Å². The molecule has 1 aromatic rings. The van der Waals surface area contributed by atoms with Gasteiger partial charge in [-0.3, -0.25) is 4.79 Å². The third-order valence-electron chi connectivity index (χ3n) is 4.65. The lowest BCUT2D eigenvalue weighted by Crippen LogP contribution is -2.44. The van der Waals surface area contributed by atoms with Crippen molar-refractivity contribution < 1.29 is 19.0 Å². The third-order valence-corrected chi connectivity index (χ3v) is 4.65. The minimum absolute atomic E-state index is 0. The SMILES string of the molecule is CNC1CCN(C(=O)CCc2ccc(OC)c(OC)c2OC)CC1.Cl. The molecule has 0 bridgehead atoms. The molecule has 0 aromatic heterocycles. The van der Waals surface area contributed by atoms with Crippen LogP contribution in [0.5, 0.6) is 17.2 Å². The maximum atomic E-state index is 12.5. The molecule has 1 fully saturated rings. The summed E-state index contributed by atoms with van der Waals surface area (Å²) < 4.78 is 16.2. The van der Waals surface area contributed by atoms with Gasteiger partial charge in [0.15, 0.2) is 11.5 Å². The third kappa shape index (κ3) is 5.16. The monoisotopic (exact) mass is 372 g/mol. The van der Waals surface area contributed by atoms with Gasteiger partial charge in [0.1, 0.15) is 0 Å². The second kappa shape index (κ2) is 10.4. The molecule has 2 rings (SSSR count). The summed E-state index contributed by atoms with van der Waals surface area (Å²) in [4.78, 5) is 14.4. The number of nitrogens with one attached hydrogen (secondary N) is 1. The van der Waals surface area contributed by atoms with Crippen LogP contribution in [0.3, 0.4) is 0 Å². The minimum Gasteiger partial charge on any atom is -0.493 e. The van der Waals surface area contributed by atoms with E-state index in [1.165, 1.54) is 0 Å². The molecule has 1 aliphatic heterocycles. The number of rotatable bonds is 7. The Morgan fingerprint density at radius 3 is 2.28 bits per heavy atom. The van der Waals surface area contributed by atoms with Gasteiger partial charge in [0.25, 0.3) is 0 Å². The molecule has 0 spiro atoms. The fourth-order valence-electron chi connectivity index (χ4n) is 3.18. The molecule has 0 radical (unpaired) electrons. The van der Waals surface area contributed by atoms with E-state index in [2.05, 4.69) is 5.32 Å². The first-order valence-corrected chi connectivity index (χ1v) is 8.37. The topological polar surface area (TPSA) is 60.0 Å². The lowest BCUT2D eigenvalue weighted by molar-refractivity contribution is -0.132. The molecule has 1 saturated heterocycles. The Labute approximate surface area is 156 Å². The Kier molecular flexibility index (Phi) is 8.86. The number of carbonyl (C=O) groups is 1. The van der Waals surface area contributed by atoms with Crippen molar-refractivity contribution in [2.75, 3.05) is 41.5 Å².